The first-order valence-electron chi connectivity index (χ1n) is 9.47. The highest BCUT2D eigenvalue weighted by molar-refractivity contribution is 7.92. The van der Waals surface area contributed by atoms with E-state index in [2.05, 4.69) is 4.72 Å². The molecule has 0 spiro atoms. The SMILES string of the molecule is O=c1cc(-c2ccccc2)oc2ccc(NS(=O)(=O)c3ccc([N+](=O)[O-])c(C(F)(F)F)c3)cc12. The lowest BCUT2D eigenvalue weighted by atomic mass is 10.1. The molecular formula is C22H13F3N2O6S. The summed E-state index contributed by atoms with van der Waals surface area (Å²) in [6.07, 6.45) is -5.15. The Morgan fingerprint density at radius 3 is 2.29 bits per heavy atom. The number of nitro benzene ring substituents is 1. The molecule has 0 aliphatic rings. The maximum absolute atomic E-state index is 13.2. The van der Waals surface area contributed by atoms with E-state index < -0.39 is 42.7 Å². The van der Waals surface area contributed by atoms with Crippen LogP contribution in [-0.4, -0.2) is 13.3 Å². The van der Waals surface area contributed by atoms with E-state index in [4.69, 9.17) is 4.42 Å². The molecule has 0 saturated heterocycles. The Labute approximate surface area is 189 Å². The van der Waals surface area contributed by atoms with E-state index >= 15 is 0 Å². The highest BCUT2D eigenvalue weighted by Gasteiger charge is 2.39. The summed E-state index contributed by atoms with van der Waals surface area (Å²) < 4.78 is 72.8. The molecule has 0 amide bonds. The van der Waals surface area contributed by atoms with Crippen LogP contribution in [0, 0.1) is 10.1 Å². The van der Waals surface area contributed by atoms with E-state index in [9.17, 15) is 36.5 Å². The third-order valence-electron chi connectivity index (χ3n) is 4.82. The molecule has 3 aromatic carbocycles. The summed E-state index contributed by atoms with van der Waals surface area (Å²) in [5.74, 6) is 0.303. The molecule has 0 aliphatic heterocycles. The second-order valence-electron chi connectivity index (χ2n) is 7.09. The summed E-state index contributed by atoms with van der Waals surface area (Å²) >= 11 is 0. The van der Waals surface area contributed by atoms with Crippen molar-refractivity contribution in [1.29, 1.82) is 0 Å². The lowest BCUT2D eigenvalue weighted by molar-refractivity contribution is -0.388. The Bertz CT molecular complexity index is 1580. The summed E-state index contributed by atoms with van der Waals surface area (Å²) in [4.78, 5) is 21.4. The molecule has 8 nitrogen and oxygen atoms in total. The van der Waals surface area contributed by atoms with Crippen molar-refractivity contribution in [2.24, 2.45) is 0 Å². The molecule has 0 radical (unpaired) electrons. The Kier molecular flexibility index (Phi) is 5.61. The fraction of sp³-hybridized carbons (Fsp3) is 0.0455. The normalized spacial score (nSPS) is 12.0. The van der Waals surface area contributed by atoms with Gasteiger partial charge in [0.05, 0.1) is 15.2 Å². The first-order chi connectivity index (χ1) is 16.0. The van der Waals surface area contributed by atoms with E-state index in [0.29, 0.717) is 23.5 Å². The highest BCUT2D eigenvalue weighted by atomic mass is 32.2. The fourth-order valence-electron chi connectivity index (χ4n) is 3.25. The molecule has 1 N–H and O–H groups in total. The molecule has 4 rings (SSSR count). The topological polar surface area (TPSA) is 120 Å². The molecule has 0 atom stereocenters. The van der Waals surface area contributed by atoms with Crippen molar-refractivity contribution in [3.63, 3.8) is 0 Å². The molecule has 0 aliphatic carbocycles. The summed E-state index contributed by atoms with van der Waals surface area (Å²) in [6, 6.07) is 15.2. The molecule has 0 saturated carbocycles. The van der Waals surface area contributed by atoms with Gasteiger partial charge in [-0.1, -0.05) is 30.3 Å². The predicted molar refractivity (Wildman–Crippen MR) is 117 cm³/mol. The maximum atomic E-state index is 13.2. The lowest BCUT2D eigenvalue weighted by Crippen LogP contribution is -2.16. The van der Waals surface area contributed by atoms with E-state index in [-0.39, 0.29) is 22.7 Å². The Balaban J connectivity index is 1.71. The van der Waals surface area contributed by atoms with Crippen LogP contribution in [0.3, 0.4) is 0 Å². The van der Waals surface area contributed by atoms with Crippen LogP contribution in [0.25, 0.3) is 22.3 Å². The lowest BCUT2D eigenvalue weighted by Gasteiger charge is -2.12. The van der Waals surface area contributed by atoms with Gasteiger partial charge in [-0.2, -0.15) is 13.2 Å². The molecule has 12 heteroatoms. The third-order valence-corrected chi connectivity index (χ3v) is 6.20. The van der Waals surface area contributed by atoms with Crippen molar-refractivity contribution in [1.82, 2.24) is 0 Å². The second kappa shape index (κ2) is 8.30. The van der Waals surface area contributed by atoms with Crippen LogP contribution in [0.15, 0.2) is 86.9 Å². The van der Waals surface area contributed by atoms with Crippen molar-refractivity contribution in [3.8, 4) is 11.3 Å². The van der Waals surface area contributed by atoms with Gasteiger partial charge in [0.15, 0.2) is 5.43 Å². The van der Waals surface area contributed by atoms with Crippen molar-refractivity contribution in [2.75, 3.05) is 4.72 Å². The largest absolute Gasteiger partial charge is 0.456 e. The summed E-state index contributed by atoms with van der Waals surface area (Å²) in [5.41, 5.74) is -2.72. The number of rotatable bonds is 5. The zero-order valence-corrected chi connectivity index (χ0v) is 17.7. The number of nitro groups is 1. The van der Waals surface area contributed by atoms with E-state index in [1.165, 1.54) is 24.3 Å². The van der Waals surface area contributed by atoms with Gasteiger partial charge in [-0.05, 0) is 30.3 Å². The number of nitrogens with zero attached hydrogens (tertiary/aromatic N) is 1. The monoisotopic (exact) mass is 490 g/mol. The summed E-state index contributed by atoms with van der Waals surface area (Å²) in [7, 11) is -4.58. The van der Waals surface area contributed by atoms with Crippen LogP contribution in [0.5, 0.6) is 0 Å². The first-order valence-corrected chi connectivity index (χ1v) is 11.0. The molecule has 34 heavy (non-hydrogen) atoms. The van der Waals surface area contributed by atoms with Gasteiger partial charge in [0, 0.05) is 23.4 Å². The fourth-order valence-corrected chi connectivity index (χ4v) is 4.32. The maximum Gasteiger partial charge on any atom is 0.423 e. The first kappa shape index (κ1) is 23.0. The zero-order chi connectivity index (χ0) is 24.7. The predicted octanol–water partition coefficient (Wildman–Crippen LogP) is 5.19. The van der Waals surface area contributed by atoms with Gasteiger partial charge in [-0.15, -0.1) is 0 Å². The number of nitrogens with one attached hydrogen (secondary N) is 1. The van der Waals surface area contributed by atoms with Crippen molar-refractivity contribution >= 4 is 32.4 Å². The number of fused-ring (bicyclic) bond motifs is 1. The summed E-state index contributed by atoms with van der Waals surface area (Å²) in [6.45, 7) is 0. The molecular weight excluding hydrogens is 477 g/mol. The second-order valence-corrected chi connectivity index (χ2v) is 8.77. The molecule has 4 aromatic rings. The number of sulfonamides is 1. The van der Waals surface area contributed by atoms with Gasteiger partial charge in [-0.3, -0.25) is 19.6 Å². The molecule has 1 heterocycles. The molecule has 174 valence electrons. The third kappa shape index (κ3) is 4.48. The molecule has 0 unspecified atom stereocenters. The minimum atomic E-state index is -5.15. The van der Waals surface area contributed by atoms with Crippen LogP contribution in [0.4, 0.5) is 24.5 Å². The van der Waals surface area contributed by atoms with Gasteiger partial charge in [0.2, 0.25) is 0 Å². The smallest absolute Gasteiger partial charge is 0.423 e. The quantitative estimate of drug-likeness (QED) is 0.304. The average molecular weight is 490 g/mol. The molecule has 1 aromatic heterocycles. The van der Waals surface area contributed by atoms with Gasteiger partial charge < -0.3 is 4.42 Å². The van der Waals surface area contributed by atoms with Crippen molar-refractivity contribution < 1.29 is 30.9 Å². The van der Waals surface area contributed by atoms with E-state index in [1.807, 2.05) is 0 Å². The standard InChI is InChI=1S/C22H13F3N2O6S/c23-22(24,25)17-11-15(7-8-18(17)27(29)30)34(31,32)26-14-6-9-20-16(10-14)19(28)12-21(33-20)13-4-2-1-3-5-13/h1-12,26H. The zero-order valence-electron chi connectivity index (χ0n) is 16.9. The summed E-state index contributed by atoms with van der Waals surface area (Å²) in [5, 5.41) is 10.9. The van der Waals surface area contributed by atoms with E-state index in [1.54, 1.807) is 30.3 Å². The van der Waals surface area contributed by atoms with Crippen LogP contribution in [0.2, 0.25) is 0 Å². The Hall–Kier alpha value is -4.19. The van der Waals surface area contributed by atoms with Crippen molar-refractivity contribution in [2.45, 2.75) is 11.1 Å². The highest BCUT2D eigenvalue weighted by Crippen LogP contribution is 2.37. The average Bonchev–Trinajstić information content (AvgIpc) is 2.78. The number of alkyl halides is 3. The van der Waals surface area contributed by atoms with Crippen LogP contribution >= 0.6 is 0 Å². The number of anilines is 1. The van der Waals surface area contributed by atoms with Crippen molar-refractivity contribution in [3.05, 3.63) is 98.7 Å². The van der Waals surface area contributed by atoms with Gasteiger partial charge in [0.25, 0.3) is 15.7 Å². The van der Waals surface area contributed by atoms with Crippen LogP contribution in [-0.2, 0) is 16.2 Å². The Morgan fingerprint density at radius 1 is 0.941 bits per heavy atom. The van der Waals surface area contributed by atoms with Gasteiger partial charge in [-0.25, -0.2) is 8.42 Å². The number of hydrogen-bond donors (Lipinski definition) is 1. The van der Waals surface area contributed by atoms with Crippen LogP contribution in [0.1, 0.15) is 5.56 Å². The van der Waals surface area contributed by atoms with E-state index in [0.717, 1.165) is 0 Å². The Morgan fingerprint density at radius 2 is 1.65 bits per heavy atom. The minimum absolute atomic E-state index is 0.0413. The molecule has 0 bridgehead atoms. The number of halogens is 3. The molecule has 0 fully saturated rings. The number of benzene rings is 3. The van der Waals surface area contributed by atoms with Gasteiger partial charge >= 0.3 is 6.18 Å². The van der Waals surface area contributed by atoms with Crippen LogP contribution < -0.4 is 10.2 Å². The van der Waals surface area contributed by atoms with Gasteiger partial charge in [0.1, 0.15) is 16.9 Å². The minimum Gasteiger partial charge on any atom is -0.456 e. The number of hydrogen-bond acceptors (Lipinski definition) is 6.